The minimum Gasteiger partial charge on any atom is -0.244 e. The highest BCUT2D eigenvalue weighted by molar-refractivity contribution is 5.57. The first-order valence-electron chi connectivity index (χ1n) is 5.01. The molecule has 0 fully saturated rings. The van der Waals surface area contributed by atoms with Crippen LogP contribution in [-0.4, -0.2) is 29.7 Å². The second kappa shape index (κ2) is 4.09. The summed E-state index contributed by atoms with van der Waals surface area (Å²) in [5.74, 6) is 0.712. The fourth-order valence-electron chi connectivity index (χ4n) is 1.47. The lowest BCUT2D eigenvalue weighted by Gasteiger charge is -2.02. The van der Waals surface area contributed by atoms with Crippen LogP contribution in [0.3, 0.4) is 0 Å². The molecule has 6 nitrogen and oxygen atoms in total. The zero-order chi connectivity index (χ0) is 11.5. The van der Waals surface area contributed by atoms with E-state index >= 15 is 0 Å². The molecule has 0 N–H and O–H groups in total. The first kappa shape index (κ1) is 9.59. The van der Waals surface area contributed by atoms with Crippen molar-refractivity contribution in [2.24, 2.45) is 0 Å². The Hall–Kier alpha value is -2.63. The lowest BCUT2D eigenvalue weighted by Crippen LogP contribution is -1.99. The smallest absolute Gasteiger partial charge is 0.157 e. The lowest BCUT2D eigenvalue weighted by molar-refractivity contribution is 0.840. The van der Waals surface area contributed by atoms with Gasteiger partial charge in [0.25, 0.3) is 0 Å². The first-order chi connectivity index (χ1) is 8.43. The molecule has 0 unspecified atom stereocenters. The molecule has 0 bridgehead atoms. The molecule has 0 aromatic carbocycles. The first-order valence-corrected chi connectivity index (χ1v) is 5.01. The van der Waals surface area contributed by atoms with Gasteiger partial charge in [-0.3, -0.25) is 0 Å². The van der Waals surface area contributed by atoms with Crippen LogP contribution in [0.15, 0.2) is 49.6 Å². The Balaban J connectivity index is 2.06. The molecule has 3 aromatic rings. The minimum absolute atomic E-state index is 0.712. The van der Waals surface area contributed by atoms with Gasteiger partial charge in [-0.2, -0.15) is 5.10 Å². The summed E-state index contributed by atoms with van der Waals surface area (Å²) in [7, 11) is 0. The molecule has 0 radical (unpaired) electrons. The number of aromatic nitrogens is 6. The monoisotopic (exact) mass is 224 g/mol. The van der Waals surface area contributed by atoms with Crippen LogP contribution in [-0.2, 0) is 0 Å². The van der Waals surface area contributed by atoms with E-state index in [4.69, 9.17) is 0 Å². The van der Waals surface area contributed by atoms with E-state index in [0.29, 0.717) is 5.82 Å². The summed E-state index contributed by atoms with van der Waals surface area (Å²) in [6, 6.07) is 3.68. The van der Waals surface area contributed by atoms with Crippen molar-refractivity contribution in [1.82, 2.24) is 29.7 Å². The maximum absolute atomic E-state index is 4.19. The van der Waals surface area contributed by atoms with Crippen LogP contribution < -0.4 is 0 Å². The predicted octanol–water partition coefficient (Wildman–Crippen LogP) is 1.12. The average molecular weight is 224 g/mol. The summed E-state index contributed by atoms with van der Waals surface area (Å²) < 4.78 is 1.68. The third-order valence-electron chi connectivity index (χ3n) is 2.25. The summed E-state index contributed by atoms with van der Waals surface area (Å²) in [4.78, 5) is 16.3. The van der Waals surface area contributed by atoms with Crippen LogP contribution in [0.25, 0.3) is 17.1 Å². The molecule has 0 aliphatic carbocycles. The molecule has 0 atom stereocenters. The Labute approximate surface area is 97.0 Å². The quantitative estimate of drug-likeness (QED) is 0.652. The molecule has 3 aromatic heterocycles. The fourth-order valence-corrected chi connectivity index (χ4v) is 1.47. The summed E-state index contributed by atoms with van der Waals surface area (Å²) in [5, 5.41) is 4.12. The van der Waals surface area contributed by atoms with Crippen molar-refractivity contribution in [3.63, 3.8) is 0 Å². The van der Waals surface area contributed by atoms with Crippen LogP contribution in [0.4, 0.5) is 0 Å². The maximum Gasteiger partial charge on any atom is 0.157 e. The van der Waals surface area contributed by atoms with Gasteiger partial charge < -0.3 is 0 Å². The maximum atomic E-state index is 4.19. The zero-order valence-electron chi connectivity index (χ0n) is 8.80. The van der Waals surface area contributed by atoms with E-state index in [9.17, 15) is 0 Å². The highest BCUT2D eigenvalue weighted by Crippen LogP contribution is 2.15. The summed E-state index contributed by atoms with van der Waals surface area (Å²) in [5.41, 5.74) is 1.62. The van der Waals surface area contributed by atoms with Gasteiger partial charge >= 0.3 is 0 Å². The van der Waals surface area contributed by atoms with E-state index < -0.39 is 0 Å². The van der Waals surface area contributed by atoms with Gasteiger partial charge in [-0.05, 0) is 6.07 Å². The molecular formula is C11H8N6. The molecule has 3 heterocycles. The highest BCUT2D eigenvalue weighted by atomic mass is 15.3. The number of nitrogens with zero attached hydrogens (tertiary/aromatic N) is 6. The Morgan fingerprint density at radius 3 is 2.65 bits per heavy atom. The van der Waals surface area contributed by atoms with Crippen LogP contribution in [0, 0.1) is 0 Å². The molecule has 0 aliphatic rings. The molecule has 82 valence electrons. The molecule has 0 amide bonds. The molecule has 0 saturated heterocycles. The predicted molar refractivity (Wildman–Crippen MR) is 60.2 cm³/mol. The largest absolute Gasteiger partial charge is 0.244 e. The Bertz CT molecular complexity index is 605. The van der Waals surface area contributed by atoms with E-state index in [1.54, 1.807) is 23.3 Å². The highest BCUT2D eigenvalue weighted by Gasteiger charge is 2.03. The van der Waals surface area contributed by atoms with Crippen LogP contribution in [0.5, 0.6) is 0 Å². The molecule has 6 heteroatoms. The van der Waals surface area contributed by atoms with Gasteiger partial charge in [0.1, 0.15) is 12.7 Å². The molecule has 17 heavy (non-hydrogen) atoms. The van der Waals surface area contributed by atoms with Crippen molar-refractivity contribution in [3.05, 3.63) is 49.6 Å². The number of rotatable bonds is 2. The lowest BCUT2D eigenvalue weighted by atomic mass is 10.2. The molecule has 3 rings (SSSR count). The van der Waals surface area contributed by atoms with E-state index in [-0.39, 0.29) is 0 Å². The van der Waals surface area contributed by atoms with E-state index in [1.807, 2.05) is 18.3 Å². The van der Waals surface area contributed by atoms with Crippen LogP contribution in [0.1, 0.15) is 0 Å². The number of hydrogen-bond acceptors (Lipinski definition) is 5. The second-order valence-corrected chi connectivity index (χ2v) is 3.34. The van der Waals surface area contributed by atoms with Gasteiger partial charge in [0, 0.05) is 36.4 Å². The molecular weight excluding hydrogens is 216 g/mol. The van der Waals surface area contributed by atoms with Crippen LogP contribution >= 0.6 is 0 Å². The van der Waals surface area contributed by atoms with Crippen molar-refractivity contribution in [1.29, 1.82) is 0 Å². The Kier molecular flexibility index (Phi) is 2.31. The Morgan fingerprint density at radius 1 is 1.00 bits per heavy atom. The van der Waals surface area contributed by atoms with Crippen LogP contribution in [0.2, 0.25) is 0 Å². The SMILES string of the molecule is c1cnn(-c2cc(-c3cncnc3)ncn2)c1. The zero-order valence-corrected chi connectivity index (χ0v) is 8.80. The van der Waals surface area contributed by atoms with Crippen molar-refractivity contribution in [3.8, 4) is 17.1 Å². The van der Waals surface area contributed by atoms with Gasteiger partial charge in [0.2, 0.25) is 0 Å². The molecule has 0 spiro atoms. The van der Waals surface area contributed by atoms with Gasteiger partial charge in [-0.1, -0.05) is 0 Å². The fraction of sp³-hybridized carbons (Fsp3) is 0. The molecule has 0 saturated carbocycles. The average Bonchev–Trinajstić information content (AvgIpc) is 2.94. The van der Waals surface area contributed by atoms with Crippen molar-refractivity contribution >= 4 is 0 Å². The Morgan fingerprint density at radius 2 is 1.88 bits per heavy atom. The minimum atomic E-state index is 0.712. The van der Waals surface area contributed by atoms with Gasteiger partial charge in [0.15, 0.2) is 5.82 Å². The standard InChI is InChI=1S/C11H8N6/c1-2-16-17(3-1)11-4-10(14-8-15-11)9-5-12-7-13-6-9/h1-8H. The second-order valence-electron chi connectivity index (χ2n) is 3.34. The van der Waals surface area contributed by atoms with E-state index in [0.717, 1.165) is 11.3 Å². The summed E-state index contributed by atoms with van der Waals surface area (Å²) >= 11 is 0. The topological polar surface area (TPSA) is 69.4 Å². The van der Waals surface area contributed by atoms with Gasteiger partial charge in [-0.25, -0.2) is 24.6 Å². The van der Waals surface area contributed by atoms with E-state index in [2.05, 4.69) is 25.0 Å². The van der Waals surface area contributed by atoms with Gasteiger partial charge in [0.05, 0.1) is 5.69 Å². The third kappa shape index (κ3) is 1.87. The third-order valence-corrected chi connectivity index (χ3v) is 2.25. The summed E-state index contributed by atoms with van der Waals surface area (Å²) in [6.07, 6.45) is 9.93. The van der Waals surface area contributed by atoms with Crippen molar-refractivity contribution < 1.29 is 0 Å². The van der Waals surface area contributed by atoms with E-state index in [1.165, 1.54) is 12.7 Å². The number of hydrogen-bond donors (Lipinski definition) is 0. The van der Waals surface area contributed by atoms with Crippen molar-refractivity contribution in [2.45, 2.75) is 0 Å². The van der Waals surface area contributed by atoms with Crippen molar-refractivity contribution in [2.75, 3.05) is 0 Å². The van der Waals surface area contributed by atoms with Gasteiger partial charge in [-0.15, -0.1) is 0 Å². The summed E-state index contributed by atoms with van der Waals surface area (Å²) in [6.45, 7) is 0. The normalized spacial score (nSPS) is 10.4. The molecule has 0 aliphatic heterocycles.